The van der Waals surface area contributed by atoms with Crippen molar-refractivity contribution < 1.29 is 4.79 Å². The van der Waals surface area contributed by atoms with Gasteiger partial charge >= 0.3 is 0 Å². The standard InChI is InChI=1S/C5H8ClNO/c1-3-5(2,7)4(6)8/h3H,1,7H2,2H3. The lowest BCUT2D eigenvalue weighted by molar-refractivity contribution is -0.114. The van der Waals surface area contributed by atoms with E-state index in [2.05, 4.69) is 6.58 Å². The maximum absolute atomic E-state index is 10.3. The first-order valence-corrected chi connectivity index (χ1v) is 2.51. The minimum absolute atomic E-state index is 0.590. The number of nitrogens with two attached hydrogens (primary N) is 1. The van der Waals surface area contributed by atoms with Crippen LogP contribution in [-0.2, 0) is 4.79 Å². The van der Waals surface area contributed by atoms with Gasteiger partial charge in [0.15, 0.2) is 0 Å². The van der Waals surface area contributed by atoms with Crippen molar-refractivity contribution >= 4 is 16.8 Å². The zero-order valence-electron chi connectivity index (χ0n) is 4.65. The fraction of sp³-hybridized carbons (Fsp3) is 0.400. The maximum atomic E-state index is 10.3. The first-order valence-electron chi connectivity index (χ1n) is 2.13. The molecule has 46 valence electrons. The highest BCUT2D eigenvalue weighted by atomic mass is 35.5. The van der Waals surface area contributed by atoms with Crippen LogP contribution >= 0.6 is 11.6 Å². The second-order valence-corrected chi connectivity index (χ2v) is 2.10. The molecule has 0 spiro atoms. The Hall–Kier alpha value is -0.340. The van der Waals surface area contributed by atoms with E-state index >= 15 is 0 Å². The van der Waals surface area contributed by atoms with E-state index in [1.165, 1.54) is 13.0 Å². The van der Waals surface area contributed by atoms with Crippen molar-refractivity contribution in [2.45, 2.75) is 12.5 Å². The highest BCUT2D eigenvalue weighted by Gasteiger charge is 2.20. The van der Waals surface area contributed by atoms with Gasteiger partial charge in [0, 0.05) is 0 Å². The molecule has 0 heterocycles. The predicted molar refractivity (Wildman–Crippen MR) is 33.6 cm³/mol. The Labute approximate surface area is 53.3 Å². The van der Waals surface area contributed by atoms with Crippen LogP contribution in [0.15, 0.2) is 12.7 Å². The Morgan fingerprint density at radius 3 is 2.38 bits per heavy atom. The van der Waals surface area contributed by atoms with Crippen molar-refractivity contribution in [1.29, 1.82) is 0 Å². The van der Waals surface area contributed by atoms with Crippen LogP contribution in [0.25, 0.3) is 0 Å². The van der Waals surface area contributed by atoms with Gasteiger partial charge in [-0.15, -0.1) is 6.58 Å². The van der Waals surface area contributed by atoms with Gasteiger partial charge < -0.3 is 5.73 Å². The lowest BCUT2D eigenvalue weighted by Gasteiger charge is -2.11. The monoisotopic (exact) mass is 133 g/mol. The largest absolute Gasteiger partial charge is 0.315 e. The summed E-state index contributed by atoms with van der Waals surface area (Å²) in [4.78, 5) is 10.3. The predicted octanol–water partition coefficient (Wildman–Crippen LogP) is 0.655. The third kappa shape index (κ3) is 1.64. The molecule has 3 heteroatoms. The summed E-state index contributed by atoms with van der Waals surface area (Å²) in [5.41, 5.74) is 4.19. The molecule has 0 aliphatic rings. The molecule has 0 aliphatic heterocycles. The fourth-order valence-corrected chi connectivity index (χ4v) is 0.157. The topological polar surface area (TPSA) is 43.1 Å². The van der Waals surface area contributed by atoms with Crippen molar-refractivity contribution in [3.63, 3.8) is 0 Å². The Kier molecular flexibility index (Phi) is 2.19. The van der Waals surface area contributed by atoms with Gasteiger partial charge in [-0.3, -0.25) is 4.79 Å². The van der Waals surface area contributed by atoms with Gasteiger partial charge in [0.25, 0.3) is 0 Å². The summed E-state index contributed by atoms with van der Waals surface area (Å²) < 4.78 is 0. The van der Waals surface area contributed by atoms with Gasteiger partial charge in [-0.05, 0) is 18.5 Å². The van der Waals surface area contributed by atoms with Crippen molar-refractivity contribution in [2.75, 3.05) is 0 Å². The van der Waals surface area contributed by atoms with E-state index in [9.17, 15) is 4.79 Å². The van der Waals surface area contributed by atoms with E-state index in [4.69, 9.17) is 17.3 Å². The molecular weight excluding hydrogens is 126 g/mol. The zero-order chi connectivity index (χ0) is 6.78. The summed E-state index contributed by atoms with van der Waals surface area (Å²) in [5.74, 6) is 0. The zero-order valence-corrected chi connectivity index (χ0v) is 5.40. The van der Waals surface area contributed by atoms with Crippen LogP contribution in [0.2, 0.25) is 0 Å². The molecule has 0 aliphatic carbocycles. The Morgan fingerprint density at radius 1 is 2.00 bits per heavy atom. The van der Waals surface area contributed by atoms with E-state index in [0.29, 0.717) is 0 Å². The highest BCUT2D eigenvalue weighted by Crippen LogP contribution is 2.03. The Bertz CT molecular complexity index is 120. The number of carbonyl (C=O) groups is 1. The van der Waals surface area contributed by atoms with Gasteiger partial charge in [0.05, 0.1) is 0 Å². The summed E-state index contributed by atoms with van der Waals surface area (Å²) >= 11 is 5.03. The van der Waals surface area contributed by atoms with Crippen LogP contribution in [0.1, 0.15) is 6.92 Å². The van der Waals surface area contributed by atoms with Crippen LogP contribution in [0.3, 0.4) is 0 Å². The van der Waals surface area contributed by atoms with E-state index in [-0.39, 0.29) is 0 Å². The smallest absolute Gasteiger partial charge is 0.245 e. The molecule has 0 fully saturated rings. The second kappa shape index (κ2) is 2.29. The minimum atomic E-state index is -1.07. The van der Waals surface area contributed by atoms with E-state index in [1.54, 1.807) is 0 Å². The van der Waals surface area contributed by atoms with Gasteiger partial charge in [0.2, 0.25) is 5.24 Å². The molecule has 0 amide bonds. The number of carbonyl (C=O) groups excluding carboxylic acids is 1. The second-order valence-electron chi connectivity index (χ2n) is 1.76. The normalized spacial score (nSPS) is 16.9. The van der Waals surface area contributed by atoms with Crippen LogP contribution in [0.4, 0.5) is 0 Å². The molecule has 1 unspecified atom stereocenters. The van der Waals surface area contributed by atoms with Crippen molar-refractivity contribution in [2.24, 2.45) is 5.73 Å². The van der Waals surface area contributed by atoms with E-state index < -0.39 is 10.8 Å². The van der Waals surface area contributed by atoms with Crippen molar-refractivity contribution in [3.05, 3.63) is 12.7 Å². The molecule has 1 atom stereocenters. The third-order valence-corrected chi connectivity index (χ3v) is 1.25. The molecule has 0 bridgehead atoms. The SMILES string of the molecule is C=CC(C)(N)C(=O)Cl. The number of hydrogen-bond acceptors (Lipinski definition) is 2. The maximum Gasteiger partial charge on any atom is 0.245 e. The van der Waals surface area contributed by atoms with E-state index in [1.807, 2.05) is 0 Å². The van der Waals surface area contributed by atoms with Crippen LogP contribution < -0.4 is 5.73 Å². The van der Waals surface area contributed by atoms with Crippen LogP contribution in [0, 0.1) is 0 Å². The summed E-state index contributed by atoms with van der Waals surface area (Å²) in [6, 6.07) is 0. The molecule has 0 radical (unpaired) electrons. The van der Waals surface area contributed by atoms with Gasteiger partial charge in [-0.1, -0.05) is 6.08 Å². The molecule has 0 aromatic carbocycles. The molecule has 0 aromatic heterocycles. The third-order valence-electron chi connectivity index (χ3n) is 0.848. The Morgan fingerprint density at radius 2 is 2.38 bits per heavy atom. The quantitative estimate of drug-likeness (QED) is 0.444. The number of hydrogen-bond donors (Lipinski definition) is 1. The number of halogens is 1. The van der Waals surface area contributed by atoms with Gasteiger partial charge in [0.1, 0.15) is 5.54 Å². The average molecular weight is 134 g/mol. The van der Waals surface area contributed by atoms with Crippen molar-refractivity contribution in [1.82, 2.24) is 0 Å². The Balaban J connectivity index is 4.12. The summed E-state index contributed by atoms with van der Waals surface area (Å²) in [7, 11) is 0. The van der Waals surface area contributed by atoms with Gasteiger partial charge in [-0.25, -0.2) is 0 Å². The van der Waals surface area contributed by atoms with Crippen LogP contribution in [0.5, 0.6) is 0 Å². The molecule has 0 saturated heterocycles. The van der Waals surface area contributed by atoms with Gasteiger partial charge in [-0.2, -0.15) is 0 Å². The summed E-state index contributed by atoms with van der Waals surface area (Å²) in [6.07, 6.45) is 1.31. The molecular formula is C5H8ClNO. The molecule has 0 aromatic rings. The highest BCUT2D eigenvalue weighted by molar-refractivity contribution is 6.65. The lowest BCUT2D eigenvalue weighted by Crippen LogP contribution is -2.39. The van der Waals surface area contributed by atoms with Crippen LogP contribution in [-0.4, -0.2) is 10.8 Å². The summed E-state index contributed by atoms with van der Waals surface area (Å²) in [6.45, 7) is 4.82. The van der Waals surface area contributed by atoms with E-state index in [0.717, 1.165) is 0 Å². The molecule has 8 heavy (non-hydrogen) atoms. The minimum Gasteiger partial charge on any atom is -0.315 e. The first-order chi connectivity index (χ1) is 3.50. The average Bonchev–Trinajstić information content (AvgIpc) is 1.67. The lowest BCUT2D eigenvalue weighted by atomic mass is 10.1. The first kappa shape index (κ1) is 7.66. The molecule has 0 rings (SSSR count). The van der Waals surface area contributed by atoms with Crippen molar-refractivity contribution in [3.8, 4) is 0 Å². The fourth-order valence-electron chi connectivity index (χ4n) is 0.0802. The molecule has 0 saturated carbocycles. The molecule has 2 nitrogen and oxygen atoms in total. The molecule has 2 N–H and O–H groups in total. The summed E-state index contributed by atoms with van der Waals surface area (Å²) in [5, 5.41) is -0.590. The number of rotatable bonds is 2.